The number of carbonyl (C=O) groups is 2. The molecule has 184 valence electrons. The van der Waals surface area contributed by atoms with Crippen LogP contribution in [0.15, 0.2) is 47.3 Å². The van der Waals surface area contributed by atoms with Gasteiger partial charge in [-0.3, -0.25) is 9.48 Å². The Morgan fingerprint density at radius 3 is 2.74 bits per heavy atom. The topological polar surface area (TPSA) is 115 Å². The number of carbonyl (C=O) groups excluding carboxylic acids is 2. The molecule has 2 atom stereocenters. The van der Waals surface area contributed by atoms with E-state index in [1.54, 1.807) is 28.2 Å². The molecule has 1 saturated carbocycles. The predicted octanol–water partition coefficient (Wildman–Crippen LogP) is 3.62. The third-order valence-corrected chi connectivity index (χ3v) is 6.19. The van der Waals surface area contributed by atoms with Crippen LogP contribution >= 0.6 is 0 Å². The first-order valence-electron chi connectivity index (χ1n) is 12.0. The highest BCUT2D eigenvalue weighted by atomic mass is 16.6. The fraction of sp³-hybridized carbons (Fsp3) is 0.480. The number of oxazole rings is 1. The van der Waals surface area contributed by atoms with Crippen molar-refractivity contribution < 1.29 is 18.7 Å². The van der Waals surface area contributed by atoms with Crippen LogP contribution in [0.1, 0.15) is 62.2 Å². The molecule has 5 rings (SSSR count). The van der Waals surface area contributed by atoms with Gasteiger partial charge in [0.15, 0.2) is 5.76 Å². The Labute approximate surface area is 203 Å². The van der Waals surface area contributed by atoms with Crippen molar-refractivity contribution in [3.05, 3.63) is 54.3 Å². The maximum atomic E-state index is 13.0. The number of nitrogens with zero attached hydrogens (tertiary/aromatic N) is 5. The SMILES string of the molecule is CC(C)(C)OC(=O)N1CC(NC(=O)c2ncc(-c3ccccc3C3CC3)o2)C[C@@H]1Cn1ccnn1. The zero-order valence-electron chi connectivity index (χ0n) is 20.2. The van der Waals surface area contributed by atoms with Crippen molar-refractivity contribution in [2.24, 2.45) is 0 Å². The predicted molar refractivity (Wildman–Crippen MR) is 127 cm³/mol. The lowest BCUT2D eigenvalue weighted by atomic mass is 10.0. The normalized spacial score (nSPS) is 20.1. The van der Waals surface area contributed by atoms with Gasteiger partial charge in [0.1, 0.15) is 5.60 Å². The lowest BCUT2D eigenvalue weighted by molar-refractivity contribution is 0.0207. The minimum atomic E-state index is -0.624. The standard InChI is InChI=1S/C25H30N6O4/c1-25(2,3)35-24(33)31-14-17(12-18(31)15-30-11-10-27-29-30)28-22(32)23-26-13-21(34-23)20-7-5-4-6-19(20)16-8-9-16/h4-7,10-11,13,16-18H,8-9,12,14-15H2,1-3H3,(H,28,32)/t17?,18-/m1/s1. The van der Waals surface area contributed by atoms with E-state index in [4.69, 9.17) is 9.15 Å². The Morgan fingerprint density at radius 1 is 1.23 bits per heavy atom. The van der Waals surface area contributed by atoms with Crippen LogP contribution < -0.4 is 5.32 Å². The summed E-state index contributed by atoms with van der Waals surface area (Å²) in [6.45, 7) is 6.25. The molecule has 1 aromatic carbocycles. The molecule has 1 unspecified atom stereocenters. The Hall–Kier alpha value is -3.69. The Bertz CT molecular complexity index is 1190. The molecular formula is C25H30N6O4. The van der Waals surface area contributed by atoms with Crippen LogP contribution in [-0.2, 0) is 11.3 Å². The molecule has 0 spiro atoms. The van der Waals surface area contributed by atoms with Gasteiger partial charge in [0.05, 0.1) is 25.0 Å². The van der Waals surface area contributed by atoms with Crippen LogP contribution in [0.5, 0.6) is 0 Å². The number of aromatic nitrogens is 4. The van der Waals surface area contributed by atoms with Gasteiger partial charge in [0, 0.05) is 24.3 Å². The number of amides is 2. The van der Waals surface area contributed by atoms with Gasteiger partial charge in [-0.15, -0.1) is 5.10 Å². The summed E-state index contributed by atoms with van der Waals surface area (Å²) in [6.07, 6.45) is 7.40. The summed E-state index contributed by atoms with van der Waals surface area (Å²) in [5.74, 6) is 0.737. The molecule has 2 fully saturated rings. The van der Waals surface area contributed by atoms with Gasteiger partial charge in [-0.2, -0.15) is 0 Å². The zero-order valence-corrected chi connectivity index (χ0v) is 20.2. The summed E-state index contributed by atoms with van der Waals surface area (Å²) in [4.78, 5) is 31.7. The number of hydrogen-bond donors (Lipinski definition) is 1. The molecular weight excluding hydrogens is 448 g/mol. The molecule has 3 aromatic rings. The van der Waals surface area contributed by atoms with Crippen LogP contribution in [0.25, 0.3) is 11.3 Å². The second kappa shape index (κ2) is 9.16. The molecule has 2 aliphatic rings. The molecule has 1 saturated heterocycles. The summed E-state index contributed by atoms with van der Waals surface area (Å²) in [5, 5.41) is 10.8. The first-order valence-corrected chi connectivity index (χ1v) is 12.0. The fourth-order valence-electron chi connectivity index (χ4n) is 4.51. The maximum Gasteiger partial charge on any atom is 0.410 e. The molecule has 1 aliphatic heterocycles. The Balaban J connectivity index is 1.28. The number of ether oxygens (including phenoxy) is 1. The maximum absolute atomic E-state index is 13.0. The fourth-order valence-corrected chi connectivity index (χ4v) is 4.51. The van der Waals surface area contributed by atoms with Crippen molar-refractivity contribution in [1.29, 1.82) is 0 Å². The van der Waals surface area contributed by atoms with Gasteiger partial charge in [-0.05, 0) is 51.5 Å². The molecule has 1 aliphatic carbocycles. The van der Waals surface area contributed by atoms with Gasteiger partial charge < -0.3 is 19.4 Å². The van der Waals surface area contributed by atoms with Gasteiger partial charge in [0.2, 0.25) is 0 Å². The number of hydrogen-bond acceptors (Lipinski definition) is 7. The van der Waals surface area contributed by atoms with Crippen LogP contribution in [0.3, 0.4) is 0 Å². The van der Waals surface area contributed by atoms with E-state index < -0.39 is 17.6 Å². The second-order valence-electron chi connectivity index (χ2n) is 10.2. The van der Waals surface area contributed by atoms with Crippen molar-refractivity contribution in [2.75, 3.05) is 6.54 Å². The van der Waals surface area contributed by atoms with Crippen molar-refractivity contribution in [3.8, 4) is 11.3 Å². The van der Waals surface area contributed by atoms with Gasteiger partial charge in [-0.25, -0.2) is 9.78 Å². The molecule has 0 bridgehead atoms. The molecule has 10 heteroatoms. The van der Waals surface area contributed by atoms with E-state index in [1.165, 1.54) is 18.4 Å². The minimum Gasteiger partial charge on any atom is -0.444 e. The highest BCUT2D eigenvalue weighted by Crippen LogP contribution is 2.44. The van der Waals surface area contributed by atoms with Crippen LogP contribution in [0.2, 0.25) is 0 Å². The largest absolute Gasteiger partial charge is 0.444 e. The van der Waals surface area contributed by atoms with E-state index >= 15 is 0 Å². The summed E-state index contributed by atoms with van der Waals surface area (Å²) in [5.41, 5.74) is 1.59. The van der Waals surface area contributed by atoms with Crippen LogP contribution in [-0.4, -0.2) is 61.1 Å². The summed E-state index contributed by atoms with van der Waals surface area (Å²) < 4.78 is 13.1. The molecule has 10 nitrogen and oxygen atoms in total. The number of benzene rings is 1. The van der Waals surface area contributed by atoms with Gasteiger partial charge in [0.25, 0.3) is 5.89 Å². The van der Waals surface area contributed by atoms with Crippen LogP contribution in [0, 0.1) is 0 Å². The third-order valence-electron chi connectivity index (χ3n) is 6.19. The average Bonchev–Trinajstić information content (AvgIpc) is 3.17. The van der Waals surface area contributed by atoms with Crippen molar-refractivity contribution in [1.82, 2.24) is 30.2 Å². The smallest absolute Gasteiger partial charge is 0.410 e. The third kappa shape index (κ3) is 5.36. The molecule has 1 N–H and O–H groups in total. The Kier molecular flexibility index (Phi) is 6.04. The molecule has 0 radical (unpaired) electrons. The number of nitrogens with one attached hydrogen (secondary N) is 1. The van der Waals surface area contributed by atoms with Crippen molar-refractivity contribution >= 4 is 12.0 Å². The van der Waals surface area contributed by atoms with E-state index in [-0.39, 0.29) is 18.0 Å². The molecule has 2 amide bonds. The van der Waals surface area contributed by atoms with Gasteiger partial charge >= 0.3 is 12.0 Å². The number of rotatable bonds is 6. The summed E-state index contributed by atoms with van der Waals surface area (Å²) >= 11 is 0. The summed E-state index contributed by atoms with van der Waals surface area (Å²) in [7, 11) is 0. The molecule has 3 heterocycles. The monoisotopic (exact) mass is 478 g/mol. The van der Waals surface area contributed by atoms with Crippen molar-refractivity contribution in [2.45, 2.75) is 70.2 Å². The zero-order chi connectivity index (χ0) is 24.6. The minimum absolute atomic E-state index is 0.00847. The number of likely N-dealkylation sites (tertiary alicyclic amines) is 1. The first-order chi connectivity index (χ1) is 16.8. The van der Waals surface area contributed by atoms with E-state index in [1.807, 2.05) is 39.0 Å². The molecule has 35 heavy (non-hydrogen) atoms. The highest BCUT2D eigenvalue weighted by Gasteiger charge is 2.39. The van der Waals surface area contributed by atoms with E-state index in [2.05, 4.69) is 26.7 Å². The lowest BCUT2D eigenvalue weighted by Gasteiger charge is -2.28. The van der Waals surface area contributed by atoms with Crippen LogP contribution in [0.4, 0.5) is 4.79 Å². The molecule has 2 aromatic heterocycles. The quantitative estimate of drug-likeness (QED) is 0.575. The highest BCUT2D eigenvalue weighted by molar-refractivity contribution is 5.90. The second-order valence-corrected chi connectivity index (χ2v) is 10.2. The van der Waals surface area contributed by atoms with E-state index in [0.29, 0.717) is 31.2 Å². The Morgan fingerprint density at radius 2 is 2.03 bits per heavy atom. The summed E-state index contributed by atoms with van der Waals surface area (Å²) in [6, 6.07) is 7.60. The van der Waals surface area contributed by atoms with Gasteiger partial charge in [-0.1, -0.05) is 29.5 Å². The first kappa shape index (κ1) is 23.1. The average molecular weight is 479 g/mol. The van der Waals surface area contributed by atoms with E-state index in [9.17, 15) is 9.59 Å². The van der Waals surface area contributed by atoms with Crippen molar-refractivity contribution in [3.63, 3.8) is 0 Å². The lowest BCUT2D eigenvalue weighted by Crippen LogP contribution is -2.43. The van der Waals surface area contributed by atoms with E-state index in [0.717, 1.165) is 5.56 Å².